The number of carbonyl (C=O) groups is 3. The van der Waals surface area contributed by atoms with E-state index in [1.165, 1.54) is 7.11 Å². The van der Waals surface area contributed by atoms with E-state index in [-0.39, 0.29) is 19.6 Å². The van der Waals surface area contributed by atoms with E-state index in [9.17, 15) is 14.4 Å². The van der Waals surface area contributed by atoms with Crippen LogP contribution >= 0.6 is 0 Å². The number of benzene rings is 2. The molecule has 1 heterocycles. The van der Waals surface area contributed by atoms with Crippen LogP contribution in [0.1, 0.15) is 21.5 Å². The average molecular weight is 380 g/mol. The van der Waals surface area contributed by atoms with Crippen LogP contribution in [-0.4, -0.2) is 36.5 Å². The zero-order valence-electron chi connectivity index (χ0n) is 15.4. The molecule has 0 unspecified atom stereocenters. The van der Waals surface area contributed by atoms with Gasteiger partial charge in [-0.2, -0.15) is 0 Å². The zero-order chi connectivity index (χ0) is 19.9. The predicted molar refractivity (Wildman–Crippen MR) is 103 cm³/mol. The topological polar surface area (TPSA) is 97.5 Å². The van der Waals surface area contributed by atoms with Crippen LogP contribution < -0.4 is 5.32 Å². The van der Waals surface area contributed by atoms with Crippen molar-refractivity contribution in [3.05, 3.63) is 71.4 Å². The van der Waals surface area contributed by atoms with E-state index in [4.69, 9.17) is 4.74 Å². The fraction of sp³-hybridized carbons (Fsp3) is 0.190. The maximum absolute atomic E-state index is 12.0. The molecule has 3 aromatic rings. The molecule has 0 aliphatic heterocycles. The van der Waals surface area contributed by atoms with Crippen molar-refractivity contribution in [2.45, 2.75) is 13.0 Å². The number of aromatic amines is 1. The Morgan fingerprint density at radius 3 is 2.54 bits per heavy atom. The van der Waals surface area contributed by atoms with E-state index in [0.717, 1.165) is 22.0 Å². The molecule has 2 N–H and O–H groups in total. The third-order valence-electron chi connectivity index (χ3n) is 4.24. The van der Waals surface area contributed by atoms with Gasteiger partial charge in [0.15, 0.2) is 6.61 Å². The summed E-state index contributed by atoms with van der Waals surface area (Å²) in [5.74, 6) is -1.29. The lowest BCUT2D eigenvalue weighted by molar-refractivity contribution is -0.147. The van der Waals surface area contributed by atoms with Crippen LogP contribution in [-0.2, 0) is 32.0 Å². The minimum absolute atomic E-state index is 0.0896. The number of hydrogen-bond donors (Lipinski definition) is 2. The van der Waals surface area contributed by atoms with Gasteiger partial charge in [-0.15, -0.1) is 0 Å². The van der Waals surface area contributed by atoms with E-state index >= 15 is 0 Å². The number of methoxy groups -OCH3 is 1. The van der Waals surface area contributed by atoms with Gasteiger partial charge in [-0.25, -0.2) is 4.79 Å². The van der Waals surface area contributed by atoms with E-state index < -0.39 is 17.8 Å². The number of fused-ring (bicyclic) bond motifs is 1. The monoisotopic (exact) mass is 380 g/mol. The van der Waals surface area contributed by atoms with Gasteiger partial charge in [0.05, 0.1) is 19.1 Å². The molecule has 1 aromatic heterocycles. The Morgan fingerprint density at radius 1 is 1.04 bits per heavy atom. The summed E-state index contributed by atoms with van der Waals surface area (Å²) < 4.78 is 9.68. The Balaban J connectivity index is 1.44. The third kappa shape index (κ3) is 4.76. The molecule has 0 saturated heterocycles. The van der Waals surface area contributed by atoms with Gasteiger partial charge in [-0.1, -0.05) is 30.3 Å². The predicted octanol–water partition coefficient (Wildman–Crippen LogP) is 2.36. The Morgan fingerprint density at radius 2 is 1.79 bits per heavy atom. The number of aromatic nitrogens is 1. The summed E-state index contributed by atoms with van der Waals surface area (Å²) in [5, 5.41) is 3.62. The summed E-state index contributed by atoms with van der Waals surface area (Å²) in [7, 11) is 1.32. The third-order valence-corrected chi connectivity index (χ3v) is 4.24. The molecule has 0 aliphatic rings. The quantitative estimate of drug-likeness (QED) is 0.613. The molecule has 28 heavy (non-hydrogen) atoms. The fourth-order valence-corrected chi connectivity index (χ4v) is 2.76. The maximum Gasteiger partial charge on any atom is 0.337 e. The highest BCUT2D eigenvalue weighted by Crippen LogP contribution is 2.18. The summed E-state index contributed by atoms with van der Waals surface area (Å²) in [5.41, 5.74) is 3.02. The molecule has 144 valence electrons. The fourth-order valence-electron chi connectivity index (χ4n) is 2.76. The van der Waals surface area contributed by atoms with Gasteiger partial charge in [0, 0.05) is 23.6 Å². The number of H-pyrrole nitrogens is 1. The highest BCUT2D eigenvalue weighted by Gasteiger charge is 2.12. The molecule has 2 aromatic carbocycles. The molecule has 7 nitrogen and oxygen atoms in total. The number of carbonyl (C=O) groups excluding carboxylic acids is 3. The van der Waals surface area contributed by atoms with Crippen LogP contribution in [0.5, 0.6) is 0 Å². The molecule has 3 rings (SSSR count). The van der Waals surface area contributed by atoms with Crippen molar-refractivity contribution in [2.75, 3.05) is 13.7 Å². The minimum atomic E-state index is -0.470. The summed E-state index contributed by atoms with van der Waals surface area (Å²) in [6, 6.07) is 14.3. The highest BCUT2D eigenvalue weighted by atomic mass is 16.5. The SMILES string of the molecule is COC(=O)c1ccc(CNC(=O)COC(=O)Cc2c[nH]c3ccccc23)cc1. The van der Waals surface area contributed by atoms with Gasteiger partial charge in [0.2, 0.25) is 0 Å². The van der Waals surface area contributed by atoms with Gasteiger partial charge in [0.25, 0.3) is 5.91 Å². The second-order valence-electron chi connectivity index (χ2n) is 6.16. The molecular formula is C21H20N2O5. The van der Waals surface area contributed by atoms with Crippen molar-refractivity contribution in [1.29, 1.82) is 0 Å². The van der Waals surface area contributed by atoms with Crippen molar-refractivity contribution in [3.8, 4) is 0 Å². The van der Waals surface area contributed by atoms with Gasteiger partial charge >= 0.3 is 11.9 Å². The van der Waals surface area contributed by atoms with Crippen LogP contribution in [0, 0.1) is 0 Å². The smallest absolute Gasteiger partial charge is 0.337 e. The lowest BCUT2D eigenvalue weighted by atomic mass is 10.1. The number of esters is 2. The number of ether oxygens (including phenoxy) is 2. The standard InChI is InChI=1S/C21H20N2O5/c1-27-21(26)15-8-6-14(7-9-15)11-23-19(24)13-28-20(25)10-16-12-22-18-5-3-2-4-17(16)18/h2-9,12,22H,10-11,13H2,1H3,(H,23,24). The minimum Gasteiger partial charge on any atom is -0.465 e. The number of rotatable bonds is 7. The first kappa shape index (κ1) is 19.2. The first-order chi connectivity index (χ1) is 13.6. The van der Waals surface area contributed by atoms with Gasteiger partial charge in [-0.05, 0) is 29.3 Å². The average Bonchev–Trinajstić information content (AvgIpc) is 3.13. The summed E-state index contributed by atoms with van der Waals surface area (Å²) >= 11 is 0. The first-order valence-corrected chi connectivity index (χ1v) is 8.71. The Labute approximate surface area is 161 Å². The molecule has 1 amide bonds. The van der Waals surface area contributed by atoms with Crippen LogP contribution in [0.3, 0.4) is 0 Å². The maximum atomic E-state index is 12.0. The van der Waals surface area contributed by atoms with Crippen molar-refractivity contribution in [1.82, 2.24) is 10.3 Å². The number of amides is 1. The molecular weight excluding hydrogens is 360 g/mol. The van der Waals surface area contributed by atoms with Crippen LogP contribution in [0.2, 0.25) is 0 Å². The summed E-state index contributed by atoms with van der Waals surface area (Å²) in [4.78, 5) is 38.4. The molecule has 0 saturated carbocycles. The summed E-state index contributed by atoms with van der Waals surface area (Å²) in [6.45, 7) is -0.0816. The van der Waals surface area contributed by atoms with Crippen molar-refractivity contribution < 1.29 is 23.9 Å². The Bertz CT molecular complexity index is 991. The number of para-hydroxylation sites is 1. The van der Waals surface area contributed by atoms with E-state index in [1.54, 1.807) is 30.5 Å². The van der Waals surface area contributed by atoms with Gasteiger partial charge in [0.1, 0.15) is 0 Å². The lowest BCUT2D eigenvalue weighted by Gasteiger charge is -2.07. The molecule has 0 bridgehead atoms. The number of nitrogens with one attached hydrogen (secondary N) is 2. The summed E-state index contributed by atoms with van der Waals surface area (Å²) in [6.07, 6.45) is 1.86. The van der Waals surface area contributed by atoms with Crippen molar-refractivity contribution in [3.63, 3.8) is 0 Å². The van der Waals surface area contributed by atoms with Crippen LogP contribution in [0.15, 0.2) is 54.7 Å². The molecule has 0 fully saturated rings. The van der Waals surface area contributed by atoms with Crippen LogP contribution in [0.25, 0.3) is 10.9 Å². The lowest BCUT2D eigenvalue weighted by Crippen LogP contribution is -2.28. The number of hydrogen-bond acceptors (Lipinski definition) is 5. The largest absolute Gasteiger partial charge is 0.465 e. The van der Waals surface area contributed by atoms with E-state index in [2.05, 4.69) is 15.0 Å². The van der Waals surface area contributed by atoms with E-state index in [0.29, 0.717) is 5.56 Å². The molecule has 0 spiro atoms. The van der Waals surface area contributed by atoms with Crippen molar-refractivity contribution >= 4 is 28.7 Å². The molecule has 7 heteroatoms. The molecule has 0 radical (unpaired) electrons. The molecule has 0 atom stereocenters. The Kier molecular flexibility index (Phi) is 6.06. The van der Waals surface area contributed by atoms with Crippen LogP contribution in [0.4, 0.5) is 0 Å². The normalized spacial score (nSPS) is 10.5. The van der Waals surface area contributed by atoms with Crippen molar-refractivity contribution in [2.24, 2.45) is 0 Å². The first-order valence-electron chi connectivity index (χ1n) is 8.71. The highest BCUT2D eigenvalue weighted by molar-refractivity contribution is 5.89. The molecule has 0 aliphatic carbocycles. The second kappa shape index (κ2) is 8.85. The zero-order valence-corrected chi connectivity index (χ0v) is 15.4. The Hall–Kier alpha value is -3.61. The van der Waals surface area contributed by atoms with Gasteiger partial charge < -0.3 is 19.8 Å². The van der Waals surface area contributed by atoms with E-state index in [1.807, 2.05) is 24.3 Å². The second-order valence-corrected chi connectivity index (χ2v) is 6.16. The van der Waals surface area contributed by atoms with Gasteiger partial charge in [-0.3, -0.25) is 9.59 Å².